The topological polar surface area (TPSA) is 69.7 Å². The summed E-state index contributed by atoms with van der Waals surface area (Å²) in [5, 5.41) is 3.06. The third-order valence-corrected chi connectivity index (χ3v) is 4.19. The second-order valence-electron chi connectivity index (χ2n) is 5.86. The number of methoxy groups -OCH3 is 2. The van der Waals surface area contributed by atoms with Gasteiger partial charge in [0.05, 0.1) is 13.7 Å². The number of nitrogens with zero attached hydrogens (tertiary/aromatic N) is 1. The molecule has 1 aromatic heterocycles. The van der Waals surface area contributed by atoms with Crippen LogP contribution in [0.4, 0.5) is 0 Å². The van der Waals surface area contributed by atoms with Crippen LogP contribution >= 0.6 is 0 Å². The van der Waals surface area contributed by atoms with Crippen LogP contribution in [0.3, 0.4) is 0 Å². The molecule has 1 aliphatic carbocycles. The van der Waals surface area contributed by atoms with Crippen LogP contribution in [0.5, 0.6) is 11.6 Å². The Morgan fingerprint density at radius 2 is 2.04 bits per heavy atom. The number of carbonyl (C=O) groups is 1. The van der Waals surface area contributed by atoms with Gasteiger partial charge < -0.3 is 19.5 Å². The van der Waals surface area contributed by atoms with Crippen LogP contribution < -0.4 is 14.8 Å². The molecule has 6 nitrogen and oxygen atoms in total. The number of para-hydroxylation sites is 1. The standard InChI is InChI=1S/C19H22N2O4/c1-23-10-11-25-19-14(7-5-9-20-19)18(22)21-16-12-15(16)13-6-3-4-8-17(13)24-2/h3-9,15-16H,10-12H2,1-2H3,(H,21,22)/t15-,16+/m0/s1. The summed E-state index contributed by atoms with van der Waals surface area (Å²) < 4.78 is 15.9. The molecule has 0 saturated heterocycles. The summed E-state index contributed by atoms with van der Waals surface area (Å²) in [6.45, 7) is 0.789. The molecular formula is C19H22N2O4. The van der Waals surface area contributed by atoms with Crippen molar-refractivity contribution in [1.29, 1.82) is 0 Å². The van der Waals surface area contributed by atoms with Crippen LogP contribution in [-0.4, -0.2) is 44.4 Å². The molecule has 2 atom stereocenters. The van der Waals surface area contributed by atoms with Gasteiger partial charge in [0.2, 0.25) is 5.88 Å². The first-order chi connectivity index (χ1) is 12.2. The molecule has 25 heavy (non-hydrogen) atoms. The molecule has 0 aliphatic heterocycles. The normalized spacial score (nSPS) is 18.5. The van der Waals surface area contributed by atoms with E-state index < -0.39 is 0 Å². The zero-order valence-electron chi connectivity index (χ0n) is 14.4. The highest BCUT2D eigenvalue weighted by molar-refractivity contribution is 5.96. The molecule has 2 aromatic rings. The minimum atomic E-state index is -0.178. The van der Waals surface area contributed by atoms with Gasteiger partial charge in [0.1, 0.15) is 17.9 Å². The van der Waals surface area contributed by atoms with Crippen molar-refractivity contribution in [2.24, 2.45) is 0 Å². The molecule has 1 aliphatic rings. The van der Waals surface area contributed by atoms with Crippen LogP contribution in [0.15, 0.2) is 42.6 Å². The van der Waals surface area contributed by atoms with E-state index in [2.05, 4.69) is 10.3 Å². The van der Waals surface area contributed by atoms with E-state index in [4.69, 9.17) is 14.2 Å². The first-order valence-electron chi connectivity index (χ1n) is 8.25. The second-order valence-corrected chi connectivity index (χ2v) is 5.86. The molecule has 3 rings (SSSR count). The maximum atomic E-state index is 12.6. The van der Waals surface area contributed by atoms with E-state index in [1.807, 2.05) is 24.3 Å². The van der Waals surface area contributed by atoms with Crippen molar-refractivity contribution in [3.05, 3.63) is 53.7 Å². The van der Waals surface area contributed by atoms with Crippen LogP contribution in [-0.2, 0) is 4.74 Å². The number of rotatable bonds is 8. The number of benzene rings is 1. The van der Waals surface area contributed by atoms with Gasteiger partial charge >= 0.3 is 0 Å². The number of hydrogen-bond acceptors (Lipinski definition) is 5. The van der Waals surface area contributed by atoms with E-state index in [1.165, 1.54) is 0 Å². The Morgan fingerprint density at radius 1 is 1.20 bits per heavy atom. The predicted molar refractivity (Wildman–Crippen MR) is 93.2 cm³/mol. The van der Waals surface area contributed by atoms with Crippen LogP contribution in [0, 0.1) is 0 Å². The van der Waals surface area contributed by atoms with Crippen molar-refractivity contribution in [1.82, 2.24) is 10.3 Å². The van der Waals surface area contributed by atoms with Gasteiger partial charge in [0.15, 0.2) is 0 Å². The van der Waals surface area contributed by atoms with E-state index >= 15 is 0 Å². The Morgan fingerprint density at radius 3 is 2.84 bits per heavy atom. The highest BCUT2D eigenvalue weighted by atomic mass is 16.5. The Bertz CT molecular complexity index is 735. The lowest BCUT2D eigenvalue weighted by atomic mass is 10.1. The maximum Gasteiger partial charge on any atom is 0.257 e. The average Bonchev–Trinajstić information content (AvgIpc) is 3.41. The summed E-state index contributed by atoms with van der Waals surface area (Å²) in [6, 6.07) is 11.4. The molecule has 6 heteroatoms. The summed E-state index contributed by atoms with van der Waals surface area (Å²) in [6.07, 6.45) is 2.50. The molecule has 1 heterocycles. The number of ether oxygens (including phenoxy) is 3. The third-order valence-electron chi connectivity index (χ3n) is 4.19. The molecule has 0 spiro atoms. The van der Waals surface area contributed by atoms with Crippen molar-refractivity contribution in [2.45, 2.75) is 18.4 Å². The summed E-state index contributed by atoms with van der Waals surface area (Å²) in [7, 11) is 3.26. The number of hydrogen-bond donors (Lipinski definition) is 1. The van der Waals surface area contributed by atoms with Crippen LogP contribution in [0.1, 0.15) is 28.3 Å². The molecule has 1 fully saturated rings. The number of aromatic nitrogens is 1. The zero-order chi connectivity index (χ0) is 17.6. The van der Waals surface area contributed by atoms with E-state index in [0.717, 1.165) is 17.7 Å². The van der Waals surface area contributed by atoms with Crippen LogP contribution in [0.25, 0.3) is 0 Å². The maximum absolute atomic E-state index is 12.6. The number of amides is 1. The largest absolute Gasteiger partial charge is 0.496 e. The Labute approximate surface area is 147 Å². The van der Waals surface area contributed by atoms with E-state index in [9.17, 15) is 4.79 Å². The van der Waals surface area contributed by atoms with Gasteiger partial charge in [-0.1, -0.05) is 18.2 Å². The van der Waals surface area contributed by atoms with E-state index in [-0.39, 0.29) is 17.9 Å². The lowest BCUT2D eigenvalue weighted by molar-refractivity contribution is 0.0940. The Balaban J connectivity index is 1.64. The Kier molecular flexibility index (Phi) is 5.50. The molecule has 1 N–H and O–H groups in total. The van der Waals surface area contributed by atoms with Crippen LogP contribution in [0.2, 0.25) is 0 Å². The molecule has 0 unspecified atom stereocenters. The first-order valence-corrected chi connectivity index (χ1v) is 8.25. The first kappa shape index (κ1) is 17.2. The SMILES string of the molecule is COCCOc1ncccc1C(=O)N[C@@H]1C[C@H]1c1ccccc1OC. The fraction of sp³-hybridized carbons (Fsp3) is 0.368. The number of carbonyl (C=O) groups excluding carboxylic acids is 1. The zero-order valence-corrected chi connectivity index (χ0v) is 14.4. The van der Waals surface area contributed by atoms with Gasteiger partial charge in [0.25, 0.3) is 5.91 Å². The monoisotopic (exact) mass is 342 g/mol. The van der Waals surface area contributed by atoms with E-state index in [0.29, 0.717) is 24.7 Å². The van der Waals surface area contributed by atoms with E-state index in [1.54, 1.807) is 32.5 Å². The number of nitrogens with one attached hydrogen (secondary N) is 1. The Hall–Kier alpha value is -2.60. The third kappa shape index (κ3) is 4.09. The minimum Gasteiger partial charge on any atom is -0.496 e. The van der Waals surface area contributed by atoms with Gasteiger partial charge in [-0.15, -0.1) is 0 Å². The molecular weight excluding hydrogens is 320 g/mol. The van der Waals surface area contributed by atoms with Gasteiger partial charge in [-0.3, -0.25) is 4.79 Å². The van der Waals surface area contributed by atoms with Crippen molar-refractivity contribution < 1.29 is 19.0 Å². The molecule has 0 radical (unpaired) electrons. The highest BCUT2D eigenvalue weighted by Gasteiger charge is 2.41. The van der Waals surface area contributed by atoms with Gasteiger partial charge in [0, 0.05) is 25.3 Å². The van der Waals surface area contributed by atoms with Gasteiger partial charge in [-0.05, 0) is 30.2 Å². The van der Waals surface area contributed by atoms with Gasteiger partial charge in [-0.2, -0.15) is 0 Å². The average molecular weight is 342 g/mol. The summed E-state index contributed by atoms with van der Waals surface area (Å²) in [5.74, 6) is 1.28. The lowest BCUT2D eigenvalue weighted by Gasteiger charge is -2.11. The summed E-state index contributed by atoms with van der Waals surface area (Å²) >= 11 is 0. The molecule has 1 amide bonds. The van der Waals surface area contributed by atoms with Crippen molar-refractivity contribution in [2.75, 3.05) is 27.4 Å². The molecule has 132 valence electrons. The molecule has 0 bridgehead atoms. The predicted octanol–water partition coefficient (Wildman–Crippen LogP) is 2.40. The second kappa shape index (κ2) is 7.98. The van der Waals surface area contributed by atoms with Crippen molar-refractivity contribution >= 4 is 5.91 Å². The number of pyridine rings is 1. The lowest BCUT2D eigenvalue weighted by Crippen LogP contribution is -2.27. The molecule has 1 saturated carbocycles. The van der Waals surface area contributed by atoms with Crippen molar-refractivity contribution in [3.8, 4) is 11.6 Å². The summed E-state index contributed by atoms with van der Waals surface area (Å²) in [4.78, 5) is 16.7. The molecule has 1 aromatic carbocycles. The fourth-order valence-electron chi connectivity index (χ4n) is 2.82. The van der Waals surface area contributed by atoms with Gasteiger partial charge in [-0.25, -0.2) is 4.98 Å². The van der Waals surface area contributed by atoms with Crippen molar-refractivity contribution in [3.63, 3.8) is 0 Å². The highest BCUT2D eigenvalue weighted by Crippen LogP contribution is 2.44. The summed E-state index contributed by atoms with van der Waals surface area (Å²) in [5.41, 5.74) is 1.56. The smallest absolute Gasteiger partial charge is 0.257 e. The quantitative estimate of drug-likeness (QED) is 0.746. The minimum absolute atomic E-state index is 0.0934. The fourth-order valence-corrected chi connectivity index (χ4v) is 2.82.